The Kier molecular flexibility index (Phi) is 6.22. The lowest BCUT2D eigenvalue weighted by molar-refractivity contribution is 0.0181. The Hall–Kier alpha value is -2.51. The largest absolute Gasteiger partial charge is 0.445 e. The monoisotopic (exact) mass is 337 g/mol. The Morgan fingerprint density at radius 3 is 2.33 bits per heavy atom. The summed E-state index contributed by atoms with van der Waals surface area (Å²) in [7, 11) is 0. The summed E-state index contributed by atoms with van der Waals surface area (Å²) >= 11 is 0. The van der Waals surface area contributed by atoms with Crippen molar-refractivity contribution in [3.8, 4) is 0 Å². The van der Waals surface area contributed by atoms with Gasteiger partial charge in [0.2, 0.25) is 0 Å². The third-order valence-corrected chi connectivity index (χ3v) is 3.26. The number of rotatable bonds is 6. The van der Waals surface area contributed by atoms with Crippen molar-refractivity contribution in [1.82, 2.24) is 5.32 Å². The second kappa shape index (κ2) is 8.37. The lowest BCUT2D eigenvalue weighted by atomic mass is 10.0. The van der Waals surface area contributed by atoms with Crippen LogP contribution in [0.25, 0.3) is 0 Å². The molecule has 0 fully saturated rings. The van der Waals surface area contributed by atoms with E-state index < -0.39 is 29.9 Å². The molecule has 0 radical (unpaired) electrons. The van der Waals surface area contributed by atoms with Gasteiger partial charge in [0.05, 0.1) is 0 Å². The van der Waals surface area contributed by atoms with Gasteiger partial charge in [-0.15, -0.1) is 0 Å². The maximum Gasteiger partial charge on any atom is 0.407 e. The van der Waals surface area contributed by atoms with Crippen LogP contribution in [0.5, 0.6) is 0 Å². The fourth-order valence-electron chi connectivity index (χ4n) is 2.04. The number of nitrogens with one attached hydrogen (secondary N) is 1. The van der Waals surface area contributed by atoms with Crippen molar-refractivity contribution in [3.63, 3.8) is 0 Å². The van der Waals surface area contributed by atoms with E-state index in [2.05, 4.69) is 5.32 Å². The summed E-state index contributed by atoms with van der Waals surface area (Å²) in [6.07, 6.45) is -3.78. The molecule has 0 saturated heterocycles. The molecule has 2 unspecified atom stereocenters. The Labute approximate surface area is 137 Å². The topological polar surface area (TPSA) is 78.8 Å². The van der Waals surface area contributed by atoms with Crippen molar-refractivity contribution >= 4 is 6.09 Å². The second-order valence-electron chi connectivity index (χ2n) is 5.16. The van der Waals surface area contributed by atoms with Crippen LogP contribution in [0.1, 0.15) is 17.2 Å². The first-order valence-corrected chi connectivity index (χ1v) is 7.22. The maximum absolute atomic E-state index is 13.1. The number of benzene rings is 2. The normalized spacial score (nSPS) is 13.2. The molecule has 2 atom stereocenters. The molecule has 0 aliphatic heterocycles. The Bertz CT molecular complexity index is 661. The number of aliphatic hydroxyl groups is 2. The minimum absolute atomic E-state index is 0.0560. The molecule has 128 valence electrons. The van der Waals surface area contributed by atoms with Gasteiger partial charge in [-0.05, 0) is 23.3 Å². The predicted molar refractivity (Wildman–Crippen MR) is 82.0 cm³/mol. The van der Waals surface area contributed by atoms with Gasteiger partial charge in [-0.3, -0.25) is 0 Å². The summed E-state index contributed by atoms with van der Waals surface area (Å²) in [5, 5.41) is 22.0. The summed E-state index contributed by atoms with van der Waals surface area (Å²) < 4.78 is 31.1. The molecule has 2 aromatic rings. The molecule has 0 aromatic heterocycles. The third kappa shape index (κ3) is 5.29. The van der Waals surface area contributed by atoms with Crippen molar-refractivity contribution in [2.45, 2.75) is 18.8 Å². The van der Waals surface area contributed by atoms with E-state index in [0.29, 0.717) is 6.07 Å². The number of alkyl carbamates (subject to hydrolysis) is 1. The highest BCUT2D eigenvalue weighted by Gasteiger charge is 2.20. The number of amides is 1. The number of carbonyl (C=O) groups is 1. The lowest BCUT2D eigenvalue weighted by Gasteiger charge is -2.18. The van der Waals surface area contributed by atoms with Gasteiger partial charge in [0.15, 0.2) is 0 Å². The Morgan fingerprint density at radius 2 is 1.71 bits per heavy atom. The van der Waals surface area contributed by atoms with Gasteiger partial charge in [-0.1, -0.05) is 30.3 Å². The summed E-state index contributed by atoms with van der Waals surface area (Å²) in [6, 6.07) is 11.5. The number of aliphatic hydroxyl groups excluding tert-OH is 2. The molecule has 2 rings (SSSR count). The van der Waals surface area contributed by atoms with Crippen LogP contribution in [-0.4, -0.2) is 29.0 Å². The molecule has 0 heterocycles. The molecule has 0 aliphatic rings. The van der Waals surface area contributed by atoms with Crippen LogP contribution in [0.15, 0.2) is 48.5 Å². The van der Waals surface area contributed by atoms with Crippen LogP contribution in [0.4, 0.5) is 13.6 Å². The molecule has 3 N–H and O–H groups in total. The minimum atomic E-state index is -1.55. The average molecular weight is 337 g/mol. The van der Waals surface area contributed by atoms with Gasteiger partial charge < -0.3 is 20.3 Å². The van der Waals surface area contributed by atoms with E-state index in [1.165, 1.54) is 0 Å². The van der Waals surface area contributed by atoms with Crippen molar-refractivity contribution in [2.75, 3.05) is 6.54 Å². The molecule has 1 amide bonds. The molecule has 5 nitrogen and oxygen atoms in total. The van der Waals surface area contributed by atoms with Crippen LogP contribution >= 0.6 is 0 Å². The van der Waals surface area contributed by atoms with E-state index in [9.17, 15) is 23.8 Å². The summed E-state index contributed by atoms with van der Waals surface area (Å²) in [5.74, 6) is -1.74. The standard InChI is InChI=1S/C17H17F2NO4/c18-13-6-12(7-14(19)8-13)16(22)15(21)9-20-17(23)24-10-11-4-2-1-3-5-11/h1-8,15-16,21-22H,9-10H2,(H,20,23). The van der Waals surface area contributed by atoms with Crippen molar-refractivity contribution in [1.29, 1.82) is 0 Å². The summed E-state index contributed by atoms with van der Waals surface area (Å²) in [4.78, 5) is 11.5. The van der Waals surface area contributed by atoms with Gasteiger partial charge in [0.25, 0.3) is 0 Å². The molecular formula is C17H17F2NO4. The first kappa shape index (κ1) is 17.8. The van der Waals surface area contributed by atoms with E-state index in [-0.39, 0.29) is 18.7 Å². The number of halogens is 2. The zero-order chi connectivity index (χ0) is 17.5. The highest BCUT2D eigenvalue weighted by molar-refractivity contribution is 5.67. The van der Waals surface area contributed by atoms with Gasteiger partial charge in [0, 0.05) is 12.6 Å². The fourth-order valence-corrected chi connectivity index (χ4v) is 2.04. The third-order valence-electron chi connectivity index (χ3n) is 3.26. The quantitative estimate of drug-likeness (QED) is 0.756. The molecule has 7 heteroatoms. The highest BCUT2D eigenvalue weighted by Crippen LogP contribution is 2.19. The first-order valence-electron chi connectivity index (χ1n) is 7.22. The van der Waals surface area contributed by atoms with Gasteiger partial charge in [-0.2, -0.15) is 0 Å². The maximum atomic E-state index is 13.1. The number of ether oxygens (including phenoxy) is 1. The molecule has 24 heavy (non-hydrogen) atoms. The fraction of sp³-hybridized carbons (Fsp3) is 0.235. The van der Waals surface area contributed by atoms with Crippen LogP contribution in [0.3, 0.4) is 0 Å². The molecule has 2 aromatic carbocycles. The van der Waals surface area contributed by atoms with Gasteiger partial charge in [-0.25, -0.2) is 13.6 Å². The Balaban J connectivity index is 1.81. The zero-order valence-corrected chi connectivity index (χ0v) is 12.7. The van der Waals surface area contributed by atoms with E-state index in [1.807, 2.05) is 6.07 Å². The van der Waals surface area contributed by atoms with E-state index >= 15 is 0 Å². The van der Waals surface area contributed by atoms with E-state index in [0.717, 1.165) is 17.7 Å². The Morgan fingerprint density at radius 1 is 1.08 bits per heavy atom. The predicted octanol–water partition coefficient (Wildman–Crippen LogP) is 2.29. The van der Waals surface area contributed by atoms with E-state index in [4.69, 9.17) is 4.74 Å². The molecule has 0 bridgehead atoms. The van der Waals surface area contributed by atoms with Crippen molar-refractivity contribution in [3.05, 3.63) is 71.3 Å². The molecular weight excluding hydrogens is 320 g/mol. The molecule has 0 saturated carbocycles. The van der Waals surface area contributed by atoms with Crippen LogP contribution in [-0.2, 0) is 11.3 Å². The minimum Gasteiger partial charge on any atom is -0.445 e. The van der Waals surface area contributed by atoms with Crippen molar-refractivity contribution < 1.29 is 28.5 Å². The number of hydrogen-bond donors (Lipinski definition) is 3. The number of carbonyl (C=O) groups excluding carboxylic acids is 1. The summed E-state index contributed by atoms with van der Waals surface area (Å²) in [5.41, 5.74) is 0.669. The van der Waals surface area contributed by atoms with Gasteiger partial charge >= 0.3 is 6.09 Å². The SMILES string of the molecule is O=C(NCC(O)C(O)c1cc(F)cc(F)c1)OCc1ccccc1. The zero-order valence-electron chi connectivity index (χ0n) is 12.7. The first-order chi connectivity index (χ1) is 11.5. The van der Waals surface area contributed by atoms with Gasteiger partial charge in [0.1, 0.15) is 30.4 Å². The van der Waals surface area contributed by atoms with Crippen molar-refractivity contribution in [2.24, 2.45) is 0 Å². The number of hydrogen-bond acceptors (Lipinski definition) is 4. The summed E-state index contributed by atoms with van der Waals surface area (Å²) in [6.45, 7) is -0.284. The van der Waals surface area contributed by atoms with Crippen LogP contribution in [0.2, 0.25) is 0 Å². The van der Waals surface area contributed by atoms with E-state index in [1.54, 1.807) is 24.3 Å². The van der Waals surface area contributed by atoms with Crippen LogP contribution < -0.4 is 5.32 Å². The van der Waals surface area contributed by atoms with Crippen LogP contribution in [0, 0.1) is 11.6 Å². The smallest absolute Gasteiger partial charge is 0.407 e. The second-order valence-corrected chi connectivity index (χ2v) is 5.16. The molecule has 0 spiro atoms. The molecule has 0 aliphatic carbocycles. The lowest BCUT2D eigenvalue weighted by Crippen LogP contribution is -2.35. The highest BCUT2D eigenvalue weighted by atomic mass is 19.1. The average Bonchev–Trinajstić information content (AvgIpc) is 2.57.